The van der Waals surface area contributed by atoms with Gasteiger partial charge in [0.05, 0.1) is 11.7 Å². The second-order valence-corrected chi connectivity index (χ2v) is 7.85. The minimum atomic E-state index is 0.216. The van der Waals surface area contributed by atoms with Gasteiger partial charge in [-0.3, -0.25) is 0 Å². The van der Waals surface area contributed by atoms with Gasteiger partial charge in [-0.15, -0.1) is 0 Å². The van der Waals surface area contributed by atoms with Crippen molar-refractivity contribution >= 4 is 51.5 Å². The van der Waals surface area contributed by atoms with Crippen molar-refractivity contribution in [3.05, 3.63) is 73.3 Å². The molecule has 0 fully saturated rings. The van der Waals surface area contributed by atoms with Gasteiger partial charge in [0.25, 0.3) is 0 Å². The summed E-state index contributed by atoms with van der Waals surface area (Å²) in [5.74, 6) is 0.965. The lowest BCUT2D eigenvalue weighted by Gasteiger charge is -2.38. The fourth-order valence-electron chi connectivity index (χ4n) is 3.64. The van der Waals surface area contributed by atoms with Gasteiger partial charge in [0.1, 0.15) is 0 Å². The summed E-state index contributed by atoms with van der Waals surface area (Å²) in [5, 5.41) is 5.16. The van der Waals surface area contributed by atoms with Crippen LogP contribution >= 0.6 is 45.8 Å². The van der Waals surface area contributed by atoms with Gasteiger partial charge in [-0.2, -0.15) is 0 Å². The first-order chi connectivity index (χ1) is 10.6. The van der Waals surface area contributed by atoms with Crippen molar-refractivity contribution in [2.75, 3.05) is 5.32 Å². The molecule has 1 aliphatic carbocycles. The molecule has 4 heteroatoms. The Labute approximate surface area is 153 Å². The minimum absolute atomic E-state index is 0.216. The Hall–Kier alpha value is -0.710. The molecule has 2 aromatic rings. The Kier molecular flexibility index (Phi) is 3.87. The minimum Gasteiger partial charge on any atom is -0.377 e. The number of fused-ring (bicyclic) bond motifs is 3. The van der Waals surface area contributed by atoms with E-state index in [1.54, 1.807) is 0 Å². The Balaban J connectivity index is 1.84. The number of allylic oxidation sites excluding steroid dienone is 2. The summed E-state index contributed by atoms with van der Waals surface area (Å²) in [6.45, 7) is 0. The van der Waals surface area contributed by atoms with Gasteiger partial charge in [0.15, 0.2) is 0 Å². The van der Waals surface area contributed by atoms with E-state index in [4.69, 9.17) is 23.2 Å². The first kappa shape index (κ1) is 14.9. The lowest BCUT2D eigenvalue weighted by molar-refractivity contribution is 0.425. The lowest BCUT2D eigenvalue weighted by atomic mass is 9.77. The highest BCUT2D eigenvalue weighted by Gasteiger charge is 2.39. The monoisotopic (exact) mass is 441 g/mol. The molecule has 1 heterocycles. The first-order valence-corrected chi connectivity index (χ1v) is 9.15. The van der Waals surface area contributed by atoms with Crippen LogP contribution in [0.5, 0.6) is 0 Å². The van der Waals surface area contributed by atoms with Crippen molar-refractivity contribution in [2.45, 2.75) is 18.4 Å². The maximum Gasteiger partial charge on any atom is 0.0568 e. The standard InChI is InChI=1S/C18H14Cl2IN/c19-10-7-8-14(15(20)9-10)17-12-4-1-3-11(12)13-5-2-6-16(21)18(13)22-17/h1-3,5-9,11-12,17,22H,4H2/t11-,12-,17+/m1/s1. The van der Waals surface area contributed by atoms with E-state index in [-0.39, 0.29) is 6.04 Å². The Bertz CT molecular complexity index is 772. The number of rotatable bonds is 1. The summed E-state index contributed by atoms with van der Waals surface area (Å²) in [6.07, 6.45) is 5.71. The molecule has 2 aromatic carbocycles. The van der Waals surface area contributed by atoms with Crippen LogP contribution in [0.1, 0.15) is 29.5 Å². The molecule has 1 N–H and O–H groups in total. The summed E-state index contributed by atoms with van der Waals surface area (Å²) < 4.78 is 1.25. The van der Waals surface area contributed by atoms with Crippen LogP contribution in [0.3, 0.4) is 0 Å². The summed E-state index contributed by atoms with van der Waals surface area (Å²) in [7, 11) is 0. The molecule has 1 nitrogen and oxygen atoms in total. The van der Waals surface area contributed by atoms with Gasteiger partial charge in [-0.05, 0) is 64.3 Å². The van der Waals surface area contributed by atoms with E-state index in [1.165, 1.54) is 14.8 Å². The van der Waals surface area contributed by atoms with Crippen LogP contribution in [-0.4, -0.2) is 0 Å². The van der Waals surface area contributed by atoms with Gasteiger partial charge in [-0.1, -0.05) is 53.6 Å². The van der Waals surface area contributed by atoms with Gasteiger partial charge in [0.2, 0.25) is 0 Å². The zero-order valence-electron chi connectivity index (χ0n) is 11.7. The van der Waals surface area contributed by atoms with E-state index in [9.17, 15) is 0 Å². The Morgan fingerprint density at radius 2 is 1.95 bits per heavy atom. The van der Waals surface area contributed by atoms with Crippen molar-refractivity contribution in [1.29, 1.82) is 0 Å². The molecule has 2 aliphatic rings. The van der Waals surface area contributed by atoms with Crippen LogP contribution in [0.25, 0.3) is 0 Å². The Morgan fingerprint density at radius 3 is 2.77 bits per heavy atom. The average Bonchev–Trinajstić information content (AvgIpc) is 2.97. The maximum absolute atomic E-state index is 6.47. The average molecular weight is 442 g/mol. The van der Waals surface area contributed by atoms with Crippen molar-refractivity contribution in [2.24, 2.45) is 5.92 Å². The summed E-state index contributed by atoms with van der Waals surface area (Å²) in [5.41, 5.74) is 3.77. The van der Waals surface area contributed by atoms with Crippen molar-refractivity contribution in [3.8, 4) is 0 Å². The van der Waals surface area contributed by atoms with E-state index in [0.717, 1.165) is 17.0 Å². The van der Waals surface area contributed by atoms with Gasteiger partial charge < -0.3 is 5.32 Å². The second-order valence-electron chi connectivity index (χ2n) is 5.85. The third-order valence-electron chi connectivity index (χ3n) is 4.64. The highest BCUT2D eigenvalue weighted by atomic mass is 127. The fraction of sp³-hybridized carbons (Fsp3) is 0.222. The number of anilines is 1. The van der Waals surface area contributed by atoms with E-state index in [0.29, 0.717) is 16.9 Å². The van der Waals surface area contributed by atoms with Crippen LogP contribution in [0.15, 0.2) is 48.6 Å². The molecule has 4 rings (SSSR count). The number of hydrogen-bond acceptors (Lipinski definition) is 1. The zero-order valence-corrected chi connectivity index (χ0v) is 15.4. The van der Waals surface area contributed by atoms with Crippen LogP contribution in [-0.2, 0) is 0 Å². The predicted molar refractivity (Wildman–Crippen MR) is 102 cm³/mol. The summed E-state index contributed by atoms with van der Waals surface area (Å²) in [4.78, 5) is 0. The zero-order chi connectivity index (χ0) is 15.3. The first-order valence-electron chi connectivity index (χ1n) is 7.31. The van der Waals surface area contributed by atoms with Crippen molar-refractivity contribution in [1.82, 2.24) is 0 Å². The van der Waals surface area contributed by atoms with Gasteiger partial charge in [-0.25, -0.2) is 0 Å². The number of hydrogen-bond donors (Lipinski definition) is 1. The van der Waals surface area contributed by atoms with E-state index in [2.05, 4.69) is 64.3 Å². The molecule has 0 saturated carbocycles. The van der Waals surface area contributed by atoms with E-state index in [1.807, 2.05) is 12.1 Å². The number of benzene rings is 2. The van der Waals surface area contributed by atoms with Crippen molar-refractivity contribution < 1.29 is 0 Å². The molecule has 0 unspecified atom stereocenters. The highest BCUT2D eigenvalue weighted by molar-refractivity contribution is 14.1. The van der Waals surface area contributed by atoms with Gasteiger partial charge >= 0.3 is 0 Å². The largest absolute Gasteiger partial charge is 0.377 e. The van der Waals surface area contributed by atoms with Crippen LogP contribution < -0.4 is 5.32 Å². The molecular formula is C18H14Cl2IN. The Morgan fingerprint density at radius 1 is 1.09 bits per heavy atom. The SMILES string of the molecule is Clc1ccc([C@H]2Nc3c(I)cccc3[C@@H]3C=CC[C@@H]23)c(Cl)c1. The second kappa shape index (κ2) is 5.73. The molecule has 0 amide bonds. The summed E-state index contributed by atoms with van der Waals surface area (Å²) in [6, 6.07) is 12.5. The van der Waals surface area contributed by atoms with Crippen LogP contribution in [0.2, 0.25) is 10.0 Å². The maximum atomic E-state index is 6.47. The molecule has 22 heavy (non-hydrogen) atoms. The third kappa shape index (κ3) is 2.36. The van der Waals surface area contributed by atoms with Crippen LogP contribution in [0, 0.1) is 9.49 Å². The predicted octanol–water partition coefficient (Wildman–Crippen LogP) is 6.42. The molecule has 0 radical (unpaired) electrons. The molecule has 1 aliphatic heterocycles. The third-order valence-corrected chi connectivity index (χ3v) is 6.10. The van der Waals surface area contributed by atoms with E-state index < -0.39 is 0 Å². The normalized spacial score (nSPS) is 25.5. The quantitative estimate of drug-likeness (QED) is 0.397. The van der Waals surface area contributed by atoms with E-state index >= 15 is 0 Å². The lowest BCUT2D eigenvalue weighted by Crippen LogP contribution is -2.29. The molecule has 3 atom stereocenters. The molecule has 112 valence electrons. The topological polar surface area (TPSA) is 12.0 Å². The molecule has 0 bridgehead atoms. The molecule has 0 aromatic heterocycles. The number of nitrogens with one attached hydrogen (secondary N) is 1. The molecule has 0 saturated heterocycles. The summed E-state index contributed by atoms with van der Waals surface area (Å²) >= 11 is 14.9. The number of halogens is 3. The fourth-order valence-corrected chi connectivity index (χ4v) is 4.85. The van der Waals surface area contributed by atoms with Crippen molar-refractivity contribution in [3.63, 3.8) is 0 Å². The highest BCUT2D eigenvalue weighted by Crippen LogP contribution is 2.51. The van der Waals surface area contributed by atoms with Crippen LogP contribution in [0.4, 0.5) is 5.69 Å². The molecule has 0 spiro atoms. The van der Waals surface area contributed by atoms with Gasteiger partial charge in [0, 0.05) is 19.5 Å². The molecular weight excluding hydrogens is 428 g/mol. The number of para-hydroxylation sites is 1. The smallest absolute Gasteiger partial charge is 0.0568 e.